The van der Waals surface area contributed by atoms with E-state index in [9.17, 15) is 14.4 Å². The van der Waals surface area contributed by atoms with Crippen molar-refractivity contribution >= 4 is 35.1 Å². The van der Waals surface area contributed by atoms with E-state index >= 15 is 0 Å². The summed E-state index contributed by atoms with van der Waals surface area (Å²) in [7, 11) is 0. The van der Waals surface area contributed by atoms with Gasteiger partial charge in [0.1, 0.15) is 5.56 Å². The topological polar surface area (TPSA) is 117 Å². The predicted molar refractivity (Wildman–Crippen MR) is 109 cm³/mol. The SMILES string of the molecule is CC(C)CC(C)(CN)NC(=O)CNC(=O)c1c[nH]c2ccccc2c1=O.Cl. The van der Waals surface area contributed by atoms with Crippen LogP contribution in [0.1, 0.15) is 37.6 Å². The third-order valence-corrected chi connectivity index (χ3v) is 4.19. The largest absolute Gasteiger partial charge is 0.360 e. The number of benzene rings is 1. The number of nitrogens with two attached hydrogens (primary N) is 1. The molecular weight excluding hydrogens is 368 g/mol. The van der Waals surface area contributed by atoms with E-state index in [1.165, 1.54) is 6.20 Å². The second kappa shape index (κ2) is 9.53. The van der Waals surface area contributed by atoms with Crippen LogP contribution in [0.5, 0.6) is 0 Å². The standard InChI is InChI=1S/C19H26N4O3.ClH/c1-12(2)8-19(3,11-20)23-16(24)10-22-18(26)14-9-21-15-7-5-4-6-13(15)17(14)25;/h4-7,9,12H,8,10-11,20H2,1-3H3,(H,21,25)(H,22,26)(H,23,24);1H. The average Bonchev–Trinajstić information content (AvgIpc) is 2.59. The molecule has 0 aliphatic carbocycles. The highest BCUT2D eigenvalue weighted by Gasteiger charge is 2.26. The number of carbonyl (C=O) groups is 2. The summed E-state index contributed by atoms with van der Waals surface area (Å²) in [5, 5.41) is 5.78. The highest BCUT2D eigenvalue weighted by atomic mass is 35.5. The molecule has 1 aromatic heterocycles. The van der Waals surface area contributed by atoms with Gasteiger partial charge in [-0.15, -0.1) is 12.4 Å². The Kier molecular flexibility index (Phi) is 7.99. The number of rotatable bonds is 7. The van der Waals surface area contributed by atoms with Gasteiger partial charge in [0.25, 0.3) is 5.91 Å². The second-order valence-electron chi connectivity index (χ2n) is 7.17. The fraction of sp³-hybridized carbons (Fsp3) is 0.421. The maximum Gasteiger partial charge on any atom is 0.257 e. The molecule has 2 amide bonds. The van der Waals surface area contributed by atoms with Gasteiger partial charge < -0.3 is 21.4 Å². The van der Waals surface area contributed by atoms with Crippen LogP contribution in [0.3, 0.4) is 0 Å². The smallest absolute Gasteiger partial charge is 0.257 e. The minimum Gasteiger partial charge on any atom is -0.360 e. The van der Waals surface area contributed by atoms with Crippen molar-refractivity contribution in [1.29, 1.82) is 0 Å². The predicted octanol–water partition coefficient (Wildman–Crippen LogP) is 1.56. The van der Waals surface area contributed by atoms with Gasteiger partial charge in [-0.05, 0) is 31.4 Å². The van der Waals surface area contributed by atoms with Gasteiger partial charge >= 0.3 is 0 Å². The molecule has 2 aromatic rings. The van der Waals surface area contributed by atoms with Gasteiger partial charge in [0.2, 0.25) is 11.3 Å². The maximum atomic E-state index is 12.4. The second-order valence-corrected chi connectivity index (χ2v) is 7.17. The summed E-state index contributed by atoms with van der Waals surface area (Å²) >= 11 is 0. The Bertz CT molecular complexity index is 865. The van der Waals surface area contributed by atoms with Gasteiger partial charge in [-0.1, -0.05) is 26.0 Å². The molecule has 1 heterocycles. The number of aromatic amines is 1. The van der Waals surface area contributed by atoms with Crippen LogP contribution in [0.4, 0.5) is 0 Å². The minimum atomic E-state index is -0.592. The zero-order valence-electron chi connectivity index (χ0n) is 15.8. The van der Waals surface area contributed by atoms with E-state index in [-0.39, 0.29) is 35.9 Å². The number of carbonyl (C=O) groups excluding carboxylic acids is 2. The molecule has 0 radical (unpaired) electrons. The van der Waals surface area contributed by atoms with E-state index in [1.54, 1.807) is 24.3 Å². The quantitative estimate of drug-likeness (QED) is 0.570. The Morgan fingerprint density at radius 2 is 1.93 bits per heavy atom. The van der Waals surface area contributed by atoms with Gasteiger partial charge in [-0.3, -0.25) is 14.4 Å². The number of fused-ring (bicyclic) bond motifs is 1. The number of aromatic nitrogens is 1. The third kappa shape index (κ3) is 5.80. The van der Waals surface area contributed by atoms with Crippen molar-refractivity contribution in [2.24, 2.45) is 11.7 Å². The van der Waals surface area contributed by atoms with Crippen molar-refractivity contribution in [3.63, 3.8) is 0 Å². The highest BCUT2D eigenvalue weighted by molar-refractivity contribution is 5.98. The summed E-state index contributed by atoms with van der Waals surface area (Å²) in [6.45, 7) is 6.05. The Morgan fingerprint density at radius 1 is 1.26 bits per heavy atom. The van der Waals surface area contributed by atoms with Crippen molar-refractivity contribution in [1.82, 2.24) is 15.6 Å². The summed E-state index contributed by atoms with van der Waals surface area (Å²) in [5.41, 5.74) is 5.50. The fourth-order valence-corrected chi connectivity index (χ4v) is 3.06. The lowest BCUT2D eigenvalue weighted by Gasteiger charge is -2.31. The van der Waals surface area contributed by atoms with E-state index in [2.05, 4.69) is 15.6 Å². The number of nitrogens with one attached hydrogen (secondary N) is 3. The molecule has 0 fully saturated rings. The average molecular weight is 395 g/mol. The lowest BCUT2D eigenvalue weighted by molar-refractivity contribution is -0.122. The third-order valence-electron chi connectivity index (χ3n) is 4.19. The summed E-state index contributed by atoms with van der Waals surface area (Å²) in [5.74, 6) is -0.566. The Hall–Kier alpha value is -2.38. The molecule has 0 bridgehead atoms. The van der Waals surface area contributed by atoms with E-state index < -0.39 is 11.4 Å². The molecule has 7 nitrogen and oxygen atoms in total. The van der Waals surface area contributed by atoms with Crippen LogP contribution >= 0.6 is 12.4 Å². The zero-order valence-corrected chi connectivity index (χ0v) is 16.6. The fourth-order valence-electron chi connectivity index (χ4n) is 3.06. The van der Waals surface area contributed by atoms with E-state index in [0.29, 0.717) is 23.4 Å². The zero-order chi connectivity index (χ0) is 19.3. The van der Waals surface area contributed by atoms with Crippen molar-refractivity contribution in [3.05, 3.63) is 46.2 Å². The monoisotopic (exact) mass is 394 g/mol. The number of hydrogen-bond acceptors (Lipinski definition) is 4. The van der Waals surface area contributed by atoms with Crippen molar-refractivity contribution in [2.75, 3.05) is 13.1 Å². The Balaban J connectivity index is 0.00000364. The van der Waals surface area contributed by atoms with Gasteiger partial charge in [0.15, 0.2) is 0 Å². The molecule has 0 aliphatic heterocycles. The summed E-state index contributed by atoms with van der Waals surface area (Å²) in [6, 6.07) is 6.94. The number of H-pyrrole nitrogens is 1. The summed E-state index contributed by atoms with van der Waals surface area (Å²) in [6.07, 6.45) is 2.09. The first-order valence-electron chi connectivity index (χ1n) is 8.65. The van der Waals surface area contributed by atoms with E-state index in [4.69, 9.17) is 5.73 Å². The van der Waals surface area contributed by atoms with Crippen LogP contribution in [-0.4, -0.2) is 35.4 Å². The first kappa shape index (κ1) is 22.7. The van der Waals surface area contributed by atoms with Gasteiger partial charge in [0, 0.05) is 29.2 Å². The molecular formula is C19H27ClN4O3. The van der Waals surface area contributed by atoms with Crippen molar-refractivity contribution in [3.8, 4) is 0 Å². The normalized spacial score (nSPS) is 12.9. The van der Waals surface area contributed by atoms with Gasteiger partial charge in [-0.25, -0.2) is 0 Å². The van der Waals surface area contributed by atoms with Crippen LogP contribution in [0.2, 0.25) is 0 Å². The maximum absolute atomic E-state index is 12.4. The number of pyridine rings is 1. The molecule has 148 valence electrons. The molecule has 0 saturated heterocycles. The molecule has 8 heteroatoms. The summed E-state index contributed by atoms with van der Waals surface area (Å²) < 4.78 is 0. The van der Waals surface area contributed by atoms with Gasteiger partial charge in [-0.2, -0.15) is 0 Å². The molecule has 0 spiro atoms. The number of hydrogen-bond donors (Lipinski definition) is 4. The van der Waals surface area contributed by atoms with Crippen LogP contribution in [0, 0.1) is 5.92 Å². The molecule has 1 aromatic carbocycles. The first-order chi connectivity index (χ1) is 12.3. The Labute approximate surface area is 164 Å². The van der Waals surface area contributed by atoms with Crippen molar-refractivity contribution in [2.45, 2.75) is 32.7 Å². The number of para-hydroxylation sites is 1. The van der Waals surface area contributed by atoms with Crippen LogP contribution < -0.4 is 21.8 Å². The lowest BCUT2D eigenvalue weighted by Crippen LogP contribution is -2.54. The highest BCUT2D eigenvalue weighted by Crippen LogP contribution is 2.15. The Morgan fingerprint density at radius 3 is 2.56 bits per heavy atom. The lowest BCUT2D eigenvalue weighted by atomic mass is 9.91. The first-order valence-corrected chi connectivity index (χ1v) is 8.65. The van der Waals surface area contributed by atoms with Crippen LogP contribution in [0.25, 0.3) is 10.9 Å². The van der Waals surface area contributed by atoms with Gasteiger partial charge in [0.05, 0.1) is 6.54 Å². The number of halogens is 1. The van der Waals surface area contributed by atoms with Crippen LogP contribution in [0.15, 0.2) is 35.3 Å². The van der Waals surface area contributed by atoms with E-state index in [0.717, 1.165) is 6.42 Å². The molecule has 1 unspecified atom stereocenters. The molecule has 5 N–H and O–H groups in total. The molecule has 0 aliphatic rings. The molecule has 27 heavy (non-hydrogen) atoms. The van der Waals surface area contributed by atoms with Crippen molar-refractivity contribution < 1.29 is 9.59 Å². The summed E-state index contributed by atoms with van der Waals surface area (Å²) in [4.78, 5) is 39.8. The van der Waals surface area contributed by atoms with Crippen LogP contribution in [-0.2, 0) is 4.79 Å². The minimum absolute atomic E-state index is 0. The molecule has 2 rings (SSSR count). The number of amides is 2. The van der Waals surface area contributed by atoms with E-state index in [1.807, 2.05) is 20.8 Å². The molecule has 0 saturated carbocycles. The molecule has 1 atom stereocenters.